The summed E-state index contributed by atoms with van der Waals surface area (Å²) < 4.78 is 0. The number of amides is 1. The second-order valence-electron chi connectivity index (χ2n) is 3.75. The van der Waals surface area contributed by atoms with E-state index in [2.05, 4.69) is 15.6 Å². The van der Waals surface area contributed by atoms with Crippen LogP contribution in [0.15, 0.2) is 5.38 Å². The number of carbonyl (C=O) groups excluding carboxylic acids is 1. The second kappa shape index (κ2) is 6.18. The highest BCUT2D eigenvalue weighted by Crippen LogP contribution is 2.40. The Balaban J connectivity index is 0.00000128. The predicted octanol–water partition coefficient (Wildman–Crippen LogP) is 1.99. The molecule has 1 saturated carbocycles. The molecule has 2 rings (SSSR count). The lowest BCUT2D eigenvalue weighted by Gasteiger charge is -2.00. The third kappa shape index (κ3) is 3.73. The molecule has 2 N–H and O–H groups in total. The van der Waals surface area contributed by atoms with E-state index >= 15 is 0 Å². The molecule has 4 nitrogen and oxygen atoms in total. The summed E-state index contributed by atoms with van der Waals surface area (Å²) in [6.07, 6.45) is 2.99. The van der Waals surface area contributed by atoms with Crippen molar-refractivity contribution in [2.24, 2.45) is 0 Å². The van der Waals surface area contributed by atoms with E-state index in [0.29, 0.717) is 18.9 Å². The number of aromatic nitrogens is 1. The molecule has 0 spiro atoms. The number of carbonyl (C=O) groups is 1. The Morgan fingerprint density at radius 3 is 3.00 bits per heavy atom. The molecule has 1 aliphatic carbocycles. The van der Waals surface area contributed by atoms with Crippen molar-refractivity contribution in [3.63, 3.8) is 0 Å². The maximum absolute atomic E-state index is 11.4. The lowest BCUT2D eigenvalue weighted by molar-refractivity contribution is -0.116. The minimum Gasteiger partial charge on any atom is -0.319 e. The predicted molar refractivity (Wildman–Crippen MR) is 68.5 cm³/mol. The van der Waals surface area contributed by atoms with Crippen LogP contribution in [-0.2, 0) is 4.79 Å². The third-order valence-electron chi connectivity index (χ3n) is 2.37. The molecule has 0 bridgehead atoms. The Morgan fingerprint density at radius 1 is 1.62 bits per heavy atom. The van der Waals surface area contributed by atoms with Crippen LogP contribution in [0.5, 0.6) is 0 Å². The maximum Gasteiger partial charge on any atom is 0.227 e. The molecule has 16 heavy (non-hydrogen) atoms. The lowest BCUT2D eigenvalue weighted by atomic mass is 10.3. The Bertz CT molecular complexity index is 352. The van der Waals surface area contributed by atoms with Gasteiger partial charge in [-0.2, -0.15) is 0 Å². The van der Waals surface area contributed by atoms with Crippen molar-refractivity contribution in [2.75, 3.05) is 18.9 Å². The van der Waals surface area contributed by atoms with E-state index in [4.69, 9.17) is 0 Å². The van der Waals surface area contributed by atoms with Crippen molar-refractivity contribution in [1.29, 1.82) is 0 Å². The van der Waals surface area contributed by atoms with Crippen molar-refractivity contribution >= 4 is 34.8 Å². The SMILES string of the molecule is CNCCC(=O)Nc1nc(C2CC2)cs1.Cl. The van der Waals surface area contributed by atoms with E-state index in [9.17, 15) is 4.79 Å². The summed E-state index contributed by atoms with van der Waals surface area (Å²) in [7, 11) is 1.84. The molecule has 1 aromatic heterocycles. The van der Waals surface area contributed by atoms with Crippen LogP contribution in [-0.4, -0.2) is 24.5 Å². The van der Waals surface area contributed by atoms with E-state index in [-0.39, 0.29) is 18.3 Å². The van der Waals surface area contributed by atoms with Gasteiger partial charge in [0.15, 0.2) is 5.13 Å². The first-order valence-electron chi connectivity index (χ1n) is 5.19. The minimum absolute atomic E-state index is 0. The number of halogens is 1. The Kier molecular flexibility index (Phi) is 5.18. The highest BCUT2D eigenvalue weighted by molar-refractivity contribution is 7.13. The van der Waals surface area contributed by atoms with Crippen LogP contribution in [0, 0.1) is 0 Å². The average Bonchev–Trinajstić information content (AvgIpc) is 2.98. The fourth-order valence-electron chi connectivity index (χ4n) is 1.33. The van der Waals surface area contributed by atoms with Gasteiger partial charge in [-0.05, 0) is 19.9 Å². The molecule has 0 atom stereocenters. The summed E-state index contributed by atoms with van der Waals surface area (Å²) in [5.41, 5.74) is 1.14. The van der Waals surface area contributed by atoms with Gasteiger partial charge in [0, 0.05) is 24.3 Å². The highest BCUT2D eigenvalue weighted by atomic mass is 35.5. The first kappa shape index (κ1) is 13.4. The fourth-order valence-corrected chi connectivity index (χ4v) is 2.14. The van der Waals surface area contributed by atoms with Crippen molar-refractivity contribution in [2.45, 2.75) is 25.2 Å². The van der Waals surface area contributed by atoms with Crippen LogP contribution in [0.1, 0.15) is 30.9 Å². The molecule has 1 heterocycles. The monoisotopic (exact) mass is 261 g/mol. The van der Waals surface area contributed by atoms with Crippen LogP contribution < -0.4 is 10.6 Å². The molecule has 90 valence electrons. The summed E-state index contributed by atoms with van der Waals surface area (Å²) >= 11 is 1.52. The Morgan fingerprint density at radius 2 is 2.38 bits per heavy atom. The normalized spacial score (nSPS) is 14.3. The number of hydrogen-bond donors (Lipinski definition) is 2. The average molecular weight is 262 g/mol. The Hall–Kier alpha value is -0.650. The Labute approximate surface area is 105 Å². The van der Waals surface area contributed by atoms with Crippen molar-refractivity contribution in [3.8, 4) is 0 Å². The maximum atomic E-state index is 11.4. The van der Waals surface area contributed by atoms with Crippen LogP contribution in [0.4, 0.5) is 5.13 Å². The van der Waals surface area contributed by atoms with Gasteiger partial charge in [0.2, 0.25) is 5.91 Å². The summed E-state index contributed by atoms with van der Waals surface area (Å²) in [5.74, 6) is 0.685. The zero-order valence-electron chi connectivity index (χ0n) is 9.16. The van der Waals surface area contributed by atoms with E-state index in [1.807, 2.05) is 12.4 Å². The van der Waals surface area contributed by atoms with Gasteiger partial charge in [-0.25, -0.2) is 4.98 Å². The highest BCUT2D eigenvalue weighted by Gasteiger charge is 2.26. The van der Waals surface area contributed by atoms with E-state index in [1.54, 1.807) is 0 Å². The van der Waals surface area contributed by atoms with Gasteiger partial charge in [-0.3, -0.25) is 4.79 Å². The number of anilines is 1. The molecule has 0 aromatic carbocycles. The molecular formula is C10H16ClN3OS. The van der Waals surface area contributed by atoms with Crippen LogP contribution >= 0.6 is 23.7 Å². The molecule has 0 unspecified atom stereocenters. The second-order valence-corrected chi connectivity index (χ2v) is 4.61. The summed E-state index contributed by atoms with van der Waals surface area (Å²) in [4.78, 5) is 15.8. The number of hydrogen-bond acceptors (Lipinski definition) is 4. The van der Waals surface area contributed by atoms with Crippen LogP contribution in [0.3, 0.4) is 0 Å². The smallest absolute Gasteiger partial charge is 0.227 e. The van der Waals surface area contributed by atoms with Crippen molar-refractivity contribution < 1.29 is 4.79 Å². The molecular weight excluding hydrogens is 246 g/mol. The molecule has 6 heteroatoms. The largest absolute Gasteiger partial charge is 0.319 e. The van der Waals surface area contributed by atoms with Gasteiger partial charge in [0.1, 0.15) is 0 Å². The summed E-state index contributed by atoms with van der Waals surface area (Å²) in [6, 6.07) is 0. The first-order valence-corrected chi connectivity index (χ1v) is 6.07. The van der Waals surface area contributed by atoms with Gasteiger partial charge in [0.25, 0.3) is 0 Å². The van der Waals surface area contributed by atoms with E-state index in [0.717, 1.165) is 10.8 Å². The number of nitrogens with one attached hydrogen (secondary N) is 2. The van der Waals surface area contributed by atoms with Gasteiger partial charge in [-0.1, -0.05) is 0 Å². The van der Waals surface area contributed by atoms with Gasteiger partial charge in [-0.15, -0.1) is 23.7 Å². The van der Waals surface area contributed by atoms with E-state index in [1.165, 1.54) is 24.2 Å². The van der Waals surface area contributed by atoms with Crippen molar-refractivity contribution in [3.05, 3.63) is 11.1 Å². The third-order valence-corrected chi connectivity index (χ3v) is 3.14. The van der Waals surface area contributed by atoms with Crippen LogP contribution in [0.2, 0.25) is 0 Å². The van der Waals surface area contributed by atoms with Gasteiger partial charge >= 0.3 is 0 Å². The zero-order valence-corrected chi connectivity index (χ0v) is 10.8. The summed E-state index contributed by atoms with van der Waals surface area (Å²) in [6.45, 7) is 0.701. The number of rotatable bonds is 5. The van der Waals surface area contributed by atoms with E-state index < -0.39 is 0 Å². The fraction of sp³-hybridized carbons (Fsp3) is 0.600. The standard InChI is InChI=1S/C10H15N3OS.ClH/c1-11-5-4-9(14)13-10-12-8(6-15-10)7-2-3-7;/h6-7,11H,2-5H2,1H3,(H,12,13,14);1H. The topological polar surface area (TPSA) is 54.0 Å². The molecule has 0 radical (unpaired) electrons. The summed E-state index contributed by atoms with van der Waals surface area (Å²) in [5, 5.41) is 8.53. The van der Waals surface area contributed by atoms with Gasteiger partial charge < -0.3 is 10.6 Å². The molecule has 1 aliphatic rings. The van der Waals surface area contributed by atoms with Crippen molar-refractivity contribution in [1.82, 2.24) is 10.3 Å². The molecule has 1 amide bonds. The quantitative estimate of drug-likeness (QED) is 0.852. The zero-order chi connectivity index (χ0) is 10.7. The minimum atomic E-state index is 0. The molecule has 0 aliphatic heterocycles. The molecule has 1 aromatic rings. The van der Waals surface area contributed by atoms with Gasteiger partial charge in [0.05, 0.1) is 5.69 Å². The van der Waals surface area contributed by atoms with Crippen LogP contribution in [0.25, 0.3) is 0 Å². The molecule has 0 saturated heterocycles. The number of thiazole rings is 1. The lowest BCUT2D eigenvalue weighted by Crippen LogP contribution is -2.18. The number of nitrogens with zero attached hydrogens (tertiary/aromatic N) is 1. The molecule has 1 fully saturated rings. The first-order chi connectivity index (χ1) is 7.29.